The van der Waals surface area contributed by atoms with E-state index in [0.29, 0.717) is 0 Å². The van der Waals surface area contributed by atoms with Gasteiger partial charge in [0.05, 0.1) is 0 Å². The summed E-state index contributed by atoms with van der Waals surface area (Å²) in [6.45, 7) is 0. The minimum atomic E-state index is 0.0868. The zero-order valence-electron chi connectivity index (χ0n) is 5.03. The van der Waals surface area contributed by atoms with Gasteiger partial charge in [0.1, 0.15) is 0 Å². The number of hydrogen-bond acceptors (Lipinski definition) is 7. The first-order valence-corrected chi connectivity index (χ1v) is 2.03. The summed E-state index contributed by atoms with van der Waals surface area (Å²) >= 11 is 0. The molecule has 0 spiro atoms. The van der Waals surface area contributed by atoms with Crippen LogP contribution in [-0.2, 0) is 9.88 Å². The van der Waals surface area contributed by atoms with Crippen LogP contribution in [0.5, 0.6) is 0 Å². The van der Waals surface area contributed by atoms with E-state index in [1.54, 1.807) is 5.64 Å². The quantitative estimate of drug-likeness (QED) is 0.504. The molecule has 0 heterocycles. The Labute approximate surface area is 51.7 Å². The summed E-state index contributed by atoms with van der Waals surface area (Å²) in [6, 6.07) is 0. The van der Waals surface area contributed by atoms with Crippen LogP contribution in [0.25, 0.3) is 0 Å². The smallest absolute Gasteiger partial charge is 0.00115 e. The molecular weight excluding hydrogens is 130 g/mol. The molecule has 0 radical (unpaired) electrons. The summed E-state index contributed by atoms with van der Waals surface area (Å²) in [5.74, 6) is 0. The van der Waals surface area contributed by atoms with Crippen LogP contribution >= 0.6 is 0 Å². The predicted octanol–water partition coefficient (Wildman–Crippen LogP) is -0.872. The summed E-state index contributed by atoms with van der Waals surface area (Å²) in [5.41, 5.74) is 1.61. The molecule has 0 saturated heterocycles. The van der Waals surface area contributed by atoms with Crippen LogP contribution in [-0.4, -0.2) is 24.5 Å². The minimum absolute atomic E-state index is 0.0868. The van der Waals surface area contributed by atoms with Crippen LogP contribution in [0.4, 0.5) is 0 Å². The first kappa shape index (κ1) is 8.72. The van der Waals surface area contributed by atoms with Gasteiger partial charge >= 0.3 is 0 Å². The van der Waals surface area contributed by atoms with Crippen LogP contribution < -0.4 is 5.64 Å². The van der Waals surface area contributed by atoms with Gasteiger partial charge in [0, 0.05) is 14.1 Å². The van der Waals surface area contributed by atoms with Crippen LogP contribution in [0.2, 0.25) is 0 Å². The van der Waals surface area contributed by atoms with Crippen molar-refractivity contribution in [2.24, 2.45) is 0 Å². The molecule has 0 fully saturated rings. The Morgan fingerprint density at radius 3 is 1.67 bits per heavy atom. The Bertz CT molecular complexity index is 58.8. The Hall–Kier alpha value is -0.280. The Morgan fingerprint density at radius 1 is 1.11 bits per heavy atom. The zero-order chi connectivity index (χ0) is 7.28. The highest BCUT2D eigenvalue weighted by atomic mass is 17.1. The zero-order valence-corrected chi connectivity index (χ0v) is 5.03. The fourth-order valence-electron chi connectivity index (χ4n) is 0.122. The van der Waals surface area contributed by atoms with E-state index in [4.69, 9.17) is 0 Å². The van der Waals surface area contributed by atoms with Gasteiger partial charge in [0.25, 0.3) is 0 Å². The average molecular weight is 137 g/mol. The SMILES string of the molecule is CN([O-])ONON(C)[O-]. The van der Waals surface area contributed by atoms with Crippen LogP contribution in [0.3, 0.4) is 0 Å². The molecule has 0 unspecified atom stereocenters. The molecule has 7 heteroatoms. The largest absolute Gasteiger partial charge is 0.761 e. The molecular formula is C2H7N3O4-2. The minimum Gasteiger partial charge on any atom is -0.761 e. The average Bonchev–Trinajstić information content (AvgIpc) is 1.63. The van der Waals surface area contributed by atoms with Crippen molar-refractivity contribution in [3.05, 3.63) is 10.4 Å². The van der Waals surface area contributed by atoms with Crippen LogP contribution in [0.15, 0.2) is 0 Å². The maximum Gasteiger partial charge on any atom is 0.00115 e. The molecule has 0 bridgehead atoms. The van der Waals surface area contributed by atoms with Gasteiger partial charge in [-0.3, -0.25) is 0 Å². The van der Waals surface area contributed by atoms with Gasteiger partial charge in [-0.05, 0) is 5.64 Å². The van der Waals surface area contributed by atoms with Crippen molar-refractivity contribution in [1.29, 1.82) is 0 Å². The first-order chi connectivity index (χ1) is 4.13. The molecule has 0 rings (SSSR count). The van der Waals surface area contributed by atoms with E-state index < -0.39 is 0 Å². The van der Waals surface area contributed by atoms with E-state index in [0.717, 1.165) is 14.1 Å². The third kappa shape index (κ3) is 7.72. The first-order valence-electron chi connectivity index (χ1n) is 2.03. The lowest BCUT2D eigenvalue weighted by molar-refractivity contribution is -0.340. The molecule has 0 aliphatic rings. The molecule has 0 atom stereocenters. The van der Waals surface area contributed by atoms with E-state index in [9.17, 15) is 10.4 Å². The molecule has 9 heavy (non-hydrogen) atoms. The van der Waals surface area contributed by atoms with E-state index in [-0.39, 0.29) is 10.5 Å². The predicted molar refractivity (Wildman–Crippen MR) is 27.6 cm³/mol. The lowest BCUT2D eigenvalue weighted by Gasteiger charge is -2.24. The normalized spacial score (nSPS) is 11.3. The molecule has 1 N–H and O–H groups in total. The van der Waals surface area contributed by atoms with Gasteiger partial charge in [-0.1, -0.05) is 0 Å². The summed E-state index contributed by atoms with van der Waals surface area (Å²) in [5, 5.41) is 19.9. The molecule has 0 saturated carbocycles. The van der Waals surface area contributed by atoms with E-state index in [1.165, 1.54) is 0 Å². The highest BCUT2D eigenvalue weighted by Gasteiger charge is 1.81. The third-order valence-corrected chi connectivity index (χ3v) is 0.332. The lowest BCUT2D eigenvalue weighted by Crippen LogP contribution is -2.28. The van der Waals surface area contributed by atoms with Gasteiger partial charge in [-0.2, -0.15) is 9.88 Å². The number of rotatable bonds is 4. The Balaban J connectivity index is 2.91. The number of hydroxylamine groups is 4. The Morgan fingerprint density at radius 2 is 1.44 bits per heavy atom. The fraction of sp³-hybridized carbons (Fsp3) is 1.00. The lowest BCUT2D eigenvalue weighted by atomic mass is 11.5. The second-order valence-corrected chi connectivity index (χ2v) is 1.15. The second kappa shape index (κ2) is 4.58. The molecule has 0 aromatic rings. The van der Waals surface area contributed by atoms with Crippen LogP contribution in [0.1, 0.15) is 0 Å². The standard InChI is InChI=1S/C2H7N3O4/c1-4(6)8-3-9-5(2)7/h3H,1-2H3/q-2. The highest BCUT2D eigenvalue weighted by Crippen LogP contribution is 1.76. The maximum absolute atomic E-state index is 9.86. The molecule has 0 aromatic carbocycles. The maximum atomic E-state index is 9.86. The highest BCUT2D eigenvalue weighted by molar-refractivity contribution is 4.21. The van der Waals surface area contributed by atoms with Gasteiger partial charge in [0.15, 0.2) is 0 Å². The van der Waals surface area contributed by atoms with Gasteiger partial charge in [-0.25, -0.2) is 10.5 Å². The number of nitrogens with one attached hydrogen (secondary N) is 1. The second-order valence-electron chi connectivity index (χ2n) is 1.15. The molecule has 0 aromatic heterocycles. The van der Waals surface area contributed by atoms with Crippen molar-refractivity contribution in [2.75, 3.05) is 14.1 Å². The summed E-state index contributed by atoms with van der Waals surface area (Å²) in [4.78, 5) is 7.83. The van der Waals surface area contributed by atoms with E-state index in [2.05, 4.69) is 9.88 Å². The number of hydrogen-bond donors (Lipinski definition) is 1. The van der Waals surface area contributed by atoms with Crippen molar-refractivity contribution < 1.29 is 9.88 Å². The van der Waals surface area contributed by atoms with Crippen molar-refractivity contribution in [2.45, 2.75) is 0 Å². The van der Waals surface area contributed by atoms with Crippen molar-refractivity contribution >= 4 is 0 Å². The fourth-order valence-corrected chi connectivity index (χ4v) is 0.122. The van der Waals surface area contributed by atoms with Crippen molar-refractivity contribution in [1.82, 2.24) is 16.1 Å². The van der Waals surface area contributed by atoms with Crippen molar-refractivity contribution in [3.63, 3.8) is 0 Å². The summed E-state index contributed by atoms with van der Waals surface area (Å²) in [7, 11) is 2.17. The Kier molecular flexibility index (Phi) is 4.44. The molecule has 0 aliphatic heterocycles. The third-order valence-electron chi connectivity index (χ3n) is 0.332. The van der Waals surface area contributed by atoms with Gasteiger partial charge < -0.3 is 10.4 Å². The van der Waals surface area contributed by atoms with E-state index in [1.807, 2.05) is 0 Å². The van der Waals surface area contributed by atoms with Gasteiger partial charge in [-0.15, -0.1) is 0 Å². The molecule has 7 nitrogen and oxygen atoms in total. The number of nitrogens with zero attached hydrogens (tertiary/aromatic N) is 2. The topological polar surface area (TPSA) is 83.1 Å². The summed E-state index contributed by atoms with van der Waals surface area (Å²) < 4.78 is 0. The van der Waals surface area contributed by atoms with Gasteiger partial charge in [0.2, 0.25) is 0 Å². The van der Waals surface area contributed by atoms with Crippen molar-refractivity contribution in [3.8, 4) is 0 Å². The summed E-state index contributed by atoms with van der Waals surface area (Å²) in [6.07, 6.45) is 0. The van der Waals surface area contributed by atoms with E-state index >= 15 is 0 Å². The molecule has 56 valence electrons. The molecule has 0 amide bonds. The van der Waals surface area contributed by atoms with Crippen LogP contribution in [0, 0.1) is 10.4 Å². The monoisotopic (exact) mass is 137 g/mol. The molecule has 0 aliphatic carbocycles.